The third-order valence-corrected chi connectivity index (χ3v) is 4.79. The molecule has 0 fully saturated rings. The summed E-state index contributed by atoms with van der Waals surface area (Å²) in [4.78, 5) is 23.2. The van der Waals surface area contributed by atoms with E-state index in [1.54, 1.807) is 0 Å². The highest BCUT2D eigenvalue weighted by molar-refractivity contribution is 6.31. The minimum Gasteiger partial charge on any atom is -0.322 e. The molecule has 2 aromatic carbocycles. The molecule has 1 aliphatic rings. The van der Waals surface area contributed by atoms with Crippen LogP contribution in [0.5, 0.6) is 0 Å². The fourth-order valence-corrected chi connectivity index (χ4v) is 3.39. The molecule has 0 saturated carbocycles. The molecule has 1 unspecified atom stereocenters. The van der Waals surface area contributed by atoms with Gasteiger partial charge in [-0.05, 0) is 43.2 Å². The summed E-state index contributed by atoms with van der Waals surface area (Å²) in [6.45, 7) is 2.11. The van der Waals surface area contributed by atoms with Crippen molar-refractivity contribution in [1.82, 2.24) is 9.97 Å². The summed E-state index contributed by atoms with van der Waals surface area (Å²) in [6.07, 6.45) is 3.89. The Morgan fingerprint density at radius 2 is 1.96 bits per heavy atom. The summed E-state index contributed by atoms with van der Waals surface area (Å²) in [5.74, 6) is -0.379. The van der Waals surface area contributed by atoms with E-state index in [0.29, 0.717) is 17.2 Å². The first-order valence-electron chi connectivity index (χ1n) is 8.48. The summed E-state index contributed by atoms with van der Waals surface area (Å²) in [5, 5.41) is 2.60. The van der Waals surface area contributed by atoms with Gasteiger partial charge in [0.25, 0.3) is 5.91 Å². The van der Waals surface area contributed by atoms with Crippen molar-refractivity contribution < 1.29 is 9.18 Å². The Morgan fingerprint density at radius 1 is 1.22 bits per heavy atom. The number of aromatic nitrogens is 2. The first kappa shape index (κ1) is 17.4. The molecule has 136 valence electrons. The van der Waals surface area contributed by atoms with Gasteiger partial charge in [0.15, 0.2) is 0 Å². The van der Waals surface area contributed by atoms with E-state index in [0.717, 1.165) is 12.1 Å². The van der Waals surface area contributed by atoms with Crippen LogP contribution >= 0.6 is 11.6 Å². The normalized spacial score (nSPS) is 15.5. The quantitative estimate of drug-likeness (QED) is 0.719. The van der Waals surface area contributed by atoms with E-state index < -0.39 is 5.82 Å². The number of nitrogens with one attached hydrogen (secondary N) is 1. The lowest BCUT2D eigenvalue weighted by Crippen LogP contribution is -2.26. The summed E-state index contributed by atoms with van der Waals surface area (Å²) < 4.78 is 13.2. The number of nitrogens with zero attached hydrogens (tertiary/aromatic N) is 3. The van der Waals surface area contributed by atoms with Gasteiger partial charge >= 0.3 is 0 Å². The highest BCUT2D eigenvalue weighted by Crippen LogP contribution is 2.36. The van der Waals surface area contributed by atoms with E-state index in [4.69, 9.17) is 11.6 Å². The molecule has 5 nitrogen and oxygen atoms in total. The predicted molar refractivity (Wildman–Crippen MR) is 103 cm³/mol. The van der Waals surface area contributed by atoms with Gasteiger partial charge in [0.1, 0.15) is 5.82 Å². The second-order valence-electron chi connectivity index (χ2n) is 6.41. The second-order valence-corrected chi connectivity index (χ2v) is 6.81. The maximum atomic E-state index is 13.2. The second kappa shape index (κ2) is 6.96. The average molecular weight is 383 g/mol. The monoisotopic (exact) mass is 382 g/mol. The topological polar surface area (TPSA) is 58.1 Å². The number of carbonyl (C=O) groups excluding carboxylic acids is 1. The molecule has 1 amide bonds. The SMILES string of the molecule is CC1Cc2ccccc2N1c1ncc(C(=O)Nc2ccc(F)c(Cl)c2)cn1. The Kier molecular flexibility index (Phi) is 4.49. The number of anilines is 3. The molecule has 27 heavy (non-hydrogen) atoms. The lowest BCUT2D eigenvalue weighted by Gasteiger charge is -2.22. The van der Waals surface area contributed by atoms with Crippen LogP contribution in [0.2, 0.25) is 5.02 Å². The van der Waals surface area contributed by atoms with Crippen molar-refractivity contribution in [1.29, 1.82) is 0 Å². The maximum Gasteiger partial charge on any atom is 0.258 e. The van der Waals surface area contributed by atoms with Crippen molar-refractivity contribution >= 4 is 34.8 Å². The predicted octanol–water partition coefficient (Wildman–Crippen LogP) is 4.60. The summed E-state index contributed by atoms with van der Waals surface area (Å²) in [5.41, 5.74) is 3.05. The van der Waals surface area contributed by atoms with Crippen LogP contribution in [0.1, 0.15) is 22.8 Å². The van der Waals surface area contributed by atoms with Crippen molar-refractivity contribution in [2.24, 2.45) is 0 Å². The molecular weight excluding hydrogens is 367 g/mol. The van der Waals surface area contributed by atoms with Gasteiger partial charge in [-0.2, -0.15) is 0 Å². The molecule has 4 rings (SSSR count). The molecule has 0 spiro atoms. The smallest absolute Gasteiger partial charge is 0.258 e. The number of carbonyl (C=O) groups is 1. The molecular formula is C20H16ClFN4O. The van der Waals surface area contributed by atoms with Gasteiger partial charge < -0.3 is 10.2 Å². The van der Waals surface area contributed by atoms with Crippen LogP contribution in [0.3, 0.4) is 0 Å². The minimum absolute atomic E-state index is 0.0546. The molecule has 0 aliphatic carbocycles. The highest BCUT2D eigenvalue weighted by atomic mass is 35.5. The summed E-state index contributed by atoms with van der Waals surface area (Å²) in [7, 11) is 0. The molecule has 1 aromatic heterocycles. The molecule has 0 bridgehead atoms. The van der Waals surface area contributed by atoms with Gasteiger partial charge in [0.2, 0.25) is 5.95 Å². The van der Waals surface area contributed by atoms with E-state index in [1.165, 1.54) is 36.2 Å². The van der Waals surface area contributed by atoms with Crippen molar-refractivity contribution in [2.75, 3.05) is 10.2 Å². The van der Waals surface area contributed by atoms with Crippen LogP contribution < -0.4 is 10.2 Å². The Bertz CT molecular complexity index is 1010. The van der Waals surface area contributed by atoms with Crippen molar-refractivity contribution in [3.63, 3.8) is 0 Å². The lowest BCUT2D eigenvalue weighted by atomic mass is 10.1. The Labute approximate surface area is 160 Å². The van der Waals surface area contributed by atoms with E-state index in [1.807, 2.05) is 18.2 Å². The third kappa shape index (κ3) is 3.36. The van der Waals surface area contributed by atoms with E-state index in [-0.39, 0.29) is 17.0 Å². The number of fused-ring (bicyclic) bond motifs is 1. The van der Waals surface area contributed by atoms with Crippen LogP contribution in [0, 0.1) is 5.82 Å². The number of amides is 1. The van der Waals surface area contributed by atoms with Crippen molar-refractivity contribution in [3.05, 3.63) is 76.8 Å². The Hall–Kier alpha value is -2.99. The van der Waals surface area contributed by atoms with Gasteiger partial charge in [-0.1, -0.05) is 29.8 Å². The van der Waals surface area contributed by atoms with Gasteiger partial charge in [0, 0.05) is 29.8 Å². The fraction of sp³-hybridized carbons (Fsp3) is 0.150. The molecule has 1 N–H and O–H groups in total. The average Bonchev–Trinajstić information content (AvgIpc) is 3.00. The van der Waals surface area contributed by atoms with Crippen molar-refractivity contribution in [2.45, 2.75) is 19.4 Å². The zero-order chi connectivity index (χ0) is 19.0. The molecule has 1 atom stereocenters. The number of rotatable bonds is 3. The van der Waals surface area contributed by atoms with Gasteiger partial charge in [0.05, 0.1) is 10.6 Å². The molecule has 3 aromatic rings. The number of benzene rings is 2. The van der Waals surface area contributed by atoms with E-state index >= 15 is 0 Å². The largest absolute Gasteiger partial charge is 0.322 e. The number of hydrogen-bond donors (Lipinski definition) is 1. The van der Waals surface area contributed by atoms with Gasteiger partial charge in [-0.3, -0.25) is 4.79 Å². The zero-order valence-corrected chi connectivity index (χ0v) is 15.2. The number of hydrogen-bond acceptors (Lipinski definition) is 4. The Morgan fingerprint density at radius 3 is 2.70 bits per heavy atom. The molecule has 7 heteroatoms. The summed E-state index contributed by atoms with van der Waals surface area (Å²) >= 11 is 5.74. The lowest BCUT2D eigenvalue weighted by molar-refractivity contribution is 0.102. The first-order chi connectivity index (χ1) is 13.0. The van der Waals surface area contributed by atoms with Gasteiger partial charge in [-0.15, -0.1) is 0 Å². The van der Waals surface area contributed by atoms with Crippen LogP contribution in [-0.2, 0) is 6.42 Å². The van der Waals surface area contributed by atoms with Crippen LogP contribution in [-0.4, -0.2) is 21.9 Å². The van der Waals surface area contributed by atoms with Crippen LogP contribution in [0.4, 0.5) is 21.7 Å². The fourth-order valence-electron chi connectivity index (χ4n) is 3.21. The summed E-state index contributed by atoms with van der Waals surface area (Å²) in [6, 6.07) is 12.4. The third-order valence-electron chi connectivity index (χ3n) is 4.50. The number of halogens is 2. The molecule has 2 heterocycles. The van der Waals surface area contributed by atoms with Crippen LogP contribution in [0.25, 0.3) is 0 Å². The standard InChI is InChI=1S/C20H16ClFN4O/c1-12-8-13-4-2-3-5-18(13)26(12)20-23-10-14(11-24-20)19(27)25-15-6-7-17(22)16(21)9-15/h2-7,9-12H,8H2,1H3,(H,25,27). The maximum absolute atomic E-state index is 13.2. The molecule has 1 aliphatic heterocycles. The van der Waals surface area contributed by atoms with E-state index in [2.05, 4.69) is 33.2 Å². The van der Waals surface area contributed by atoms with Gasteiger partial charge in [-0.25, -0.2) is 14.4 Å². The first-order valence-corrected chi connectivity index (χ1v) is 8.86. The highest BCUT2D eigenvalue weighted by Gasteiger charge is 2.28. The molecule has 0 saturated heterocycles. The number of para-hydroxylation sites is 1. The Balaban J connectivity index is 1.54. The minimum atomic E-state index is -0.539. The zero-order valence-electron chi connectivity index (χ0n) is 14.5. The van der Waals surface area contributed by atoms with Crippen molar-refractivity contribution in [3.8, 4) is 0 Å². The molecule has 0 radical (unpaired) electrons. The van der Waals surface area contributed by atoms with E-state index in [9.17, 15) is 9.18 Å². The van der Waals surface area contributed by atoms with Crippen LogP contribution in [0.15, 0.2) is 54.9 Å².